The maximum Gasteiger partial charge on any atom is 0.417 e. The lowest BCUT2D eigenvalue weighted by Gasteiger charge is -2.35. The van der Waals surface area contributed by atoms with Gasteiger partial charge in [-0.3, -0.25) is 4.90 Å². The molecule has 0 aliphatic carbocycles. The molecule has 1 aromatic rings. The lowest BCUT2D eigenvalue weighted by atomic mass is 10.1. The van der Waals surface area contributed by atoms with Crippen molar-refractivity contribution in [2.75, 3.05) is 13.2 Å². The molecule has 152 valence electrons. The number of ether oxygens (including phenoxy) is 3. The van der Waals surface area contributed by atoms with Crippen LogP contribution in [0.1, 0.15) is 46.6 Å². The molecule has 0 saturated carbocycles. The van der Waals surface area contributed by atoms with Gasteiger partial charge in [-0.1, -0.05) is 0 Å². The molecule has 27 heavy (non-hydrogen) atoms. The Hall–Kier alpha value is -2.03. The molecule has 1 aromatic heterocycles. The molecule has 0 aromatic carbocycles. The molecule has 9 heteroatoms. The highest BCUT2D eigenvalue weighted by atomic mass is 19.4. The van der Waals surface area contributed by atoms with Gasteiger partial charge in [0.1, 0.15) is 11.3 Å². The lowest BCUT2D eigenvalue weighted by molar-refractivity contribution is -0.137. The Morgan fingerprint density at radius 2 is 2.00 bits per heavy atom. The van der Waals surface area contributed by atoms with Gasteiger partial charge in [0.2, 0.25) is 5.88 Å². The maximum atomic E-state index is 12.5. The minimum absolute atomic E-state index is 0.0880. The number of amides is 1. The van der Waals surface area contributed by atoms with Crippen molar-refractivity contribution in [2.24, 2.45) is 0 Å². The summed E-state index contributed by atoms with van der Waals surface area (Å²) in [4.78, 5) is 17.7. The number of carbonyl (C=O) groups is 1. The third-order valence-corrected chi connectivity index (χ3v) is 3.93. The molecule has 1 aliphatic rings. The first-order chi connectivity index (χ1) is 12.3. The number of halogens is 3. The molecule has 6 nitrogen and oxygen atoms in total. The molecule has 1 fully saturated rings. The van der Waals surface area contributed by atoms with E-state index in [-0.39, 0.29) is 18.5 Å². The van der Waals surface area contributed by atoms with Gasteiger partial charge in [0.15, 0.2) is 0 Å². The number of pyridine rings is 1. The van der Waals surface area contributed by atoms with E-state index in [1.54, 1.807) is 34.6 Å². The molecule has 1 amide bonds. The molecular weight excluding hydrogens is 365 g/mol. The predicted octanol–water partition coefficient (Wildman–Crippen LogP) is 4.24. The fourth-order valence-corrected chi connectivity index (χ4v) is 2.71. The molecule has 0 radical (unpaired) electrons. The van der Waals surface area contributed by atoms with Crippen LogP contribution < -0.4 is 4.74 Å². The zero-order chi connectivity index (χ0) is 20.5. The van der Waals surface area contributed by atoms with Crippen LogP contribution in [-0.2, 0) is 15.7 Å². The average molecular weight is 390 g/mol. The average Bonchev–Trinajstić information content (AvgIpc) is 2.80. The topological polar surface area (TPSA) is 60.9 Å². The first kappa shape index (κ1) is 21.3. The van der Waals surface area contributed by atoms with E-state index >= 15 is 0 Å². The number of nitrogens with zero attached hydrogens (tertiary/aromatic N) is 2. The summed E-state index contributed by atoms with van der Waals surface area (Å²) in [6.45, 7) is 9.37. The fraction of sp³-hybridized carbons (Fsp3) is 0.667. The van der Waals surface area contributed by atoms with E-state index in [9.17, 15) is 18.0 Å². The fourth-order valence-electron chi connectivity index (χ4n) is 2.71. The van der Waals surface area contributed by atoms with Gasteiger partial charge in [-0.05, 0) is 40.7 Å². The smallest absolute Gasteiger partial charge is 0.417 e. The second-order valence-corrected chi connectivity index (χ2v) is 7.78. The van der Waals surface area contributed by atoms with Gasteiger partial charge >= 0.3 is 12.3 Å². The van der Waals surface area contributed by atoms with E-state index in [1.165, 1.54) is 11.0 Å². The summed E-state index contributed by atoms with van der Waals surface area (Å²) >= 11 is 0. The molecular formula is C18H25F3N2O4. The quantitative estimate of drug-likeness (QED) is 0.770. The van der Waals surface area contributed by atoms with Crippen molar-refractivity contribution < 1.29 is 32.2 Å². The van der Waals surface area contributed by atoms with E-state index in [4.69, 9.17) is 14.2 Å². The highest BCUT2D eigenvalue weighted by Crippen LogP contribution is 2.31. The second-order valence-electron chi connectivity index (χ2n) is 7.78. The highest BCUT2D eigenvalue weighted by molar-refractivity contribution is 5.69. The van der Waals surface area contributed by atoms with Crippen molar-refractivity contribution in [2.45, 2.75) is 64.6 Å². The Bertz CT molecular complexity index is 654. The number of aromatic nitrogens is 1. The number of carbonyl (C=O) groups excluding carboxylic acids is 1. The van der Waals surface area contributed by atoms with Gasteiger partial charge in [-0.15, -0.1) is 0 Å². The van der Waals surface area contributed by atoms with Crippen molar-refractivity contribution in [1.29, 1.82) is 0 Å². The number of alkyl halides is 3. The van der Waals surface area contributed by atoms with E-state index in [0.29, 0.717) is 13.0 Å². The number of hydrogen-bond donors (Lipinski definition) is 0. The van der Waals surface area contributed by atoms with Gasteiger partial charge in [0.25, 0.3) is 0 Å². The van der Waals surface area contributed by atoms with Crippen molar-refractivity contribution in [3.63, 3.8) is 0 Å². The molecule has 0 spiro atoms. The minimum Gasteiger partial charge on any atom is -0.478 e. The molecule has 2 rings (SSSR count). The summed E-state index contributed by atoms with van der Waals surface area (Å²) in [5.74, 6) is 0.0880. The highest BCUT2D eigenvalue weighted by Gasteiger charge is 2.45. The Balaban J connectivity index is 1.95. The van der Waals surface area contributed by atoms with Crippen molar-refractivity contribution in [3.8, 4) is 5.88 Å². The van der Waals surface area contributed by atoms with Gasteiger partial charge in [0.05, 0.1) is 24.8 Å². The van der Waals surface area contributed by atoms with Crippen LogP contribution in [-0.4, -0.2) is 46.6 Å². The van der Waals surface area contributed by atoms with Crippen molar-refractivity contribution in [3.05, 3.63) is 23.9 Å². The Morgan fingerprint density at radius 1 is 1.33 bits per heavy atom. The maximum absolute atomic E-state index is 12.5. The molecule has 0 N–H and O–H groups in total. The summed E-state index contributed by atoms with van der Waals surface area (Å²) in [6.07, 6.45) is -3.77. The first-order valence-corrected chi connectivity index (χ1v) is 8.62. The third kappa shape index (κ3) is 5.72. The van der Waals surface area contributed by atoms with Gasteiger partial charge < -0.3 is 14.2 Å². The minimum atomic E-state index is -4.44. The molecule has 1 atom stereocenters. The van der Waals surface area contributed by atoms with Crippen LogP contribution >= 0.6 is 0 Å². The Labute approximate surface area is 156 Å². The van der Waals surface area contributed by atoms with Crippen LogP contribution in [0.3, 0.4) is 0 Å². The van der Waals surface area contributed by atoms with Crippen LogP contribution in [0.4, 0.5) is 18.0 Å². The van der Waals surface area contributed by atoms with Crippen LogP contribution in [0.15, 0.2) is 18.3 Å². The summed E-state index contributed by atoms with van der Waals surface area (Å²) in [5.41, 5.74) is -2.29. The SMILES string of the molecule is CC(C)(C)OC(=O)N1[C@@H](CCOc2ccc(C(F)(F)F)cn2)COC1(C)C. The summed E-state index contributed by atoms with van der Waals surface area (Å²) < 4.78 is 54.2. The van der Waals surface area contributed by atoms with Gasteiger partial charge in [-0.25, -0.2) is 9.78 Å². The first-order valence-electron chi connectivity index (χ1n) is 8.62. The lowest BCUT2D eigenvalue weighted by Crippen LogP contribution is -2.50. The van der Waals surface area contributed by atoms with E-state index in [0.717, 1.165) is 12.3 Å². The molecule has 0 unspecified atom stereocenters. The van der Waals surface area contributed by atoms with Crippen LogP contribution in [0.25, 0.3) is 0 Å². The zero-order valence-corrected chi connectivity index (χ0v) is 16.1. The van der Waals surface area contributed by atoms with E-state index in [2.05, 4.69) is 4.98 Å². The van der Waals surface area contributed by atoms with Crippen LogP contribution in [0, 0.1) is 0 Å². The molecule has 1 saturated heterocycles. The largest absolute Gasteiger partial charge is 0.478 e. The number of hydrogen-bond acceptors (Lipinski definition) is 5. The van der Waals surface area contributed by atoms with Crippen LogP contribution in [0.2, 0.25) is 0 Å². The normalized spacial score (nSPS) is 19.9. The number of rotatable bonds is 4. The van der Waals surface area contributed by atoms with Gasteiger partial charge in [0, 0.05) is 18.7 Å². The Kier molecular flexibility index (Phi) is 5.94. The summed E-state index contributed by atoms with van der Waals surface area (Å²) in [7, 11) is 0. The molecule has 1 aliphatic heterocycles. The zero-order valence-electron chi connectivity index (χ0n) is 16.1. The van der Waals surface area contributed by atoms with E-state index in [1.807, 2.05) is 0 Å². The van der Waals surface area contributed by atoms with E-state index < -0.39 is 29.2 Å². The van der Waals surface area contributed by atoms with Crippen molar-refractivity contribution >= 4 is 6.09 Å². The monoisotopic (exact) mass is 390 g/mol. The summed E-state index contributed by atoms with van der Waals surface area (Å²) in [6, 6.07) is 1.81. The Morgan fingerprint density at radius 3 is 2.52 bits per heavy atom. The second kappa shape index (κ2) is 7.53. The third-order valence-electron chi connectivity index (χ3n) is 3.93. The molecule has 0 bridgehead atoms. The molecule has 2 heterocycles. The predicted molar refractivity (Wildman–Crippen MR) is 91.2 cm³/mol. The van der Waals surface area contributed by atoms with Crippen LogP contribution in [0.5, 0.6) is 5.88 Å². The van der Waals surface area contributed by atoms with Crippen molar-refractivity contribution in [1.82, 2.24) is 9.88 Å². The van der Waals surface area contributed by atoms with Gasteiger partial charge in [-0.2, -0.15) is 13.2 Å². The summed E-state index contributed by atoms with van der Waals surface area (Å²) in [5, 5.41) is 0. The standard InChI is InChI=1S/C18H25F3N2O4/c1-16(2,3)27-15(24)23-13(11-26-17(23,4)5)8-9-25-14-7-6-12(10-22-14)18(19,20)21/h6-7,10,13H,8-9,11H2,1-5H3/t13-/m0/s1.